The number of nitrogens with zero attached hydrogens (tertiary/aromatic N) is 2. The summed E-state index contributed by atoms with van der Waals surface area (Å²) in [6, 6.07) is 9.50. The Bertz CT molecular complexity index is 1200. The van der Waals surface area contributed by atoms with Crippen molar-refractivity contribution in [3.05, 3.63) is 41.5 Å². The van der Waals surface area contributed by atoms with E-state index in [1.165, 1.54) is 6.42 Å². The number of fused-ring (bicyclic) bond motifs is 2. The largest absolute Gasteiger partial charge is 0.464 e. The number of piperidine rings is 1. The lowest BCUT2D eigenvalue weighted by molar-refractivity contribution is -0.142. The summed E-state index contributed by atoms with van der Waals surface area (Å²) in [7, 11) is 0. The van der Waals surface area contributed by atoms with Crippen LogP contribution in [0, 0.1) is 5.92 Å². The number of ketones is 1. The number of hydrogen-bond acceptors (Lipinski definition) is 7. The van der Waals surface area contributed by atoms with E-state index in [4.69, 9.17) is 9.26 Å². The third kappa shape index (κ3) is 3.42. The average Bonchev–Trinajstić information content (AvgIpc) is 3.25. The first-order valence-corrected chi connectivity index (χ1v) is 11.3. The van der Waals surface area contributed by atoms with Crippen molar-refractivity contribution in [1.29, 1.82) is 0 Å². The molecule has 1 unspecified atom stereocenters. The predicted octanol–water partition coefficient (Wildman–Crippen LogP) is 4.64. The second kappa shape index (κ2) is 8.30. The molecule has 1 N–H and O–H groups in total. The molecule has 1 saturated heterocycles. The van der Waals surface area contributed by atoms with Crippen molar-refractivity contribution in [3.63, 3.8) is 0 Å². The number of benzene rings is 2. The SMILES string of the molecule is CCC(=O)OCCNc1cc(N2CCCC(C)C2)c2noc3c2c1C(=O)c1ccccc1-3. The zero-order valence-corrected chi connectivity index (χ0v) is 18.4. The summed E-state index contributed by atoms with van der Waals surface area (Å²) in [5, 5.41) is 8.54. The van der Waals surface area contributed by atoms with Gasteiger partial charge in [-0.2, -0.15) is 0 Å². The first-order chi connectivity index (χ1) is 15.6. The number of ether oxygens (including phenoxy) is 1. The van der Waals surface area contributed by atoms with Gasteiger partial charge in [0.05, 0.1) is 16.6 Å². The Hall–Kier alpha value is -3.35. The van der Waals surface area contributed by atoms with Crippen molar-refractivity contribution in [1.82, 2.24) is 5.16 Å². The van der Waals surface area contributed by atoms with Gasteiger partial charge in [0.15, 0.2) is 11.5 Å². The minimum atomic E-state index is -0.238. The van der Waals surface area contributed by atoms with Gasteiger partial charge in [-0.3, -0.25) is 9.59 Å². The summed E-state index contributed by atoms with van der Waals surface area (Å²) in [5.74, 6) is 0.938. The van der Waals surface area contributed by atoms with Crippen molar-refractivity contribution < 1.29 is 18.8 Å². The van der Waals surface area contributed by atoms with Gasteiger partial charge in [-0.25, -0.2) is 0 Å². The normalized spacial score (nSPS) is 17.4. The van der Waals surface area contributed by atoms with Crippen molar-refractivity contribution in [3.8, 4) is 11.3 Å². The molecule has 5 rings (SSSR count). The number of esters is 1. The smallest absolute Gasteiger partial charge is 0.305 e. The van der Waals surface area contributed by atoms with Crippen LogP contribution in [0.5, 0.6) is 0 Å². The second-order valence-electron chi connectivity index (χ2n) is 8.62. The molecule has 1 atom stereocenters. The van der Waals surface area contributed by atoms with Crippen molar-refractivity contribution in [2.75, 3.05) is 36.5 Å². The van der Waals surface area contributed by atoms with Crippen molar-refractivity contribution >= 4 is 34.0 Å². The fourth-order valence-electron chi connectivity index (χ4n) is 4.78. The highest BCUT2D eigenvalue weighted by Crippen LogP contribution is 2.46. The van der Waals surface area contributed by atoms with E-state index in [1.807, 2.05) is 30.3 Å². The maximum Gasteiger partial charge on any atom is 0.305 e. The third-order valence-electron chi connectivity index (χ3n) is 6.35. The first-order valence-electron chi connectivity index (χ1n) is 11.3. The quantitative estimate of drug-likeness (QED) is 0.350. The Labute approximate surface area is 186 Å². The van der Waals surface area contributed by atoms with Gasteiger partial charge in [0.25, 0.3) is 0 Å². The Morgan fingerprint density at radius 3 is 2.91 bits per heavy atom. The number of hydrogen-bond donors (Lipinski definition) is 1. The van der Waals surface area contributed by atoms with Crippen LogP contribution in [0.2, 0.25) is 0 Å². The number of carbonyl (C=O) groups is 2. The molecule has 3 aromatic rings. The highest BCUT2D eigenvalue weighted by atomic mass is 16.5. The van der Waals surface area contributed by atoms with E-state index in [0.29, 0.717) is 35.8 Å². The maximum atomic E-state index is 13.5. The second-order valence-corrected chi connectivity index (χ2v) is 8.62. The minimum Gasteiger partial charge on any atom is -0.464 e. The van der Waals surface area contributed by atoms with Crippen LogP contribution in [0.4, 0.5) is 11.4 Å². The van der Waals surface area contributed by atoms with Gasteiger partial charge in [-0.1, -0.05) is 43.3 Å². The van der Waals surface area contributed by atoms with E-state index in [1.54, 1.807) is 6.92 Å². The predicted molar refractivity (Wildman–Crippen MR) is 123 cm³/mol. The van der Waals surface area contributed by atoms with Crippen LogP contribution in [0.15, 0.2) is 34.9 Å². The molecular formula is C25H27N3O4. The van der Waals surface area contributed by atoms with E-state index >= 15 is 0 Å². The Kier molecular flexibility index (Phi) is 5.33. The van der Waals surface area contributed by atoms with Gasteiger partial charge < -0.3 is 19.5 Å². The summed E-state index contributed by atoms with van der Waals surface area (Å²) < 4.78 is 11.0. The molecule has 7 nitrogen and oxygen atoms in total. The monoisotopic (exact) mass is 433 g/mol. The summed E-state index contributed by atoms with van der Waals surface area (Å²) in [5.41, 5.74) is 4.39. The molecule has 166 valence electrons. The zero-order chi connectivity index (χ0) is 22.2. The van der Waals surface area contributed by atoms with Gasteiger partial charge in [-0.15, -0.1) is 0 Å². The fourth-order valence-corrected chi connectivity index (χ4v) is 4.78. The van der Waals surface area contributed by atoms with E-state index < -0.39 is 0 Å². The molecule has 0 saturated carbocycles. The Balaban J connectivity index is 1.61. The molecule has 0 bridgehead atoms. The van der Waals surface area contributed by atoms with Crippen LogP contribution in [0.25, 0.3) is 22.2 Å². The van der Waals surface area contributed by atoms with Crippen LogP contribution in [-0.4, -0.2) is 43.2 Å². The molecule has 0 spiro atoms. The number of nitrogens with one attached hydrogen (secondary N) is 1. The molecule has 1 aliphatic carbocycles. The van der Waals surface area contributed by atoms with E-state index in [2.05, 4.69) is 22.3 Å². The lowest BCUT2D eigenvalue weighted by Crippen LogP contribution is -2.34. The molecule has 0 radical (unpaired) electrons. The van der Waals surface area contributed by atoms with E-state index in [9.17, 15) is 9.59 Å². The summed E-state index contributed by atoms with van der Waals surface area (Å²) in [4.78, 5) is 27.4. The van der Waals surface area contributed by atoms with Crippen LogP contribution >= 0.6 is 0 Å². The molecular weight excluding hydrogens is 406 g/mol. The Morgan fingerprint density at radius 1 is 1.31 bits per heavy atom. The number of aromatic nitrogens is 1. The van der Waals surface area contributed by atoms with Gasteiger partial charge >= 0.3 is 5.97 Å². The van der Waals surface area contributed by atoms with E-state index in [0.717, 1.165) is 47.4 Å². The van der Waals surface area contributed by atoms with Gasteiger partial charge in [0.1, 0.15) is 12.1 Å². The van der Waals surface area contributed by atoms with Crippen LogP contribution in [-0.2, 0) is 9.53 Å². The van der Waals surface area contributed by atoms with E-state index in [-0.39, 0.29) is 18.4 Å². The molecule has 1 fully saturated rings. The average molecular weight is 434 g/mol. The molecule has 2 aliphatic rings. The molecule has 1 aliphatic heterocycles. The highest BCUT2D eigenvalue weighted by Gasteiger charge is 2.34. The summed E-state index contributed by atoms with van der Waals surface area (Å²) in [6.45, 7) is 6.56. The lowest BCUT2D eigenvalue weighted by atomic mass is 9.86. The molecule has 1 aromatic heterocycles. The molecule has 0 amide bonds. The third-order valence-corrected chi connectivity index (χ3v) is 6.35. The van der Waals surface area contributed by atoms with Crippen molar-refractivity contribution in [2.45, 2.75) is 33.1 Å². The van der Waals surface area contributed by atoms with Gasteiger partial charge in [0.2, 0.25) is 0 Å². The maximum absolute atomic E-state index is 13.5. The zero-order valence-electron chi connectivity index (χ0n) is 18.4. The highest BCUT2D eigenvalue weighted by molar-refractivity contribution is 6.28. The standard InChI is InChI=1S/C25H27N3O4/c1-3-20(29)31-12-10-26-18-13-19(28-11-6-7-15(2)14-28)23-22-21(18)24(30)16-8-4-5-9-17(16)25(22)32-27-23/h4-5,8-9,13,15,26H,3,6-7,10-12,14H2,1-2H3. The topological polar surface area (TPSA) is 84.7 Å². The molecule has 2 aromatic carbocycles. The van der Waals surface area contributed by atoms with Gasteiger partial charge in [0, 0.05) is 42.9 Å². The summed E-state index contributed by atoms with van der Waals surface area (Å²) >= 11 is 0. The molecule has 32 heavy (non-hydrogen) atoms. The van der Waals surface area contributed by atoms with Crippen LogP contribution < -0.4 is 10.2 Å². The molecule has 7 heteroatoms. The lowest BCUT2D eigenvalue weighted by Gasteiger charge is -2.33. The molecule has 2 heterocycles. The number of rotatable bonds is 6. The minimum absolute atomic E-state index is 0.0482. The van der Waals surface area contributed by atoms with Gasteiger partial charge in [-0.05, 0) is 24.8 Å². The fraction of sp³-hybridized carbons (Fsp3) is 0.400. The van der Waals surface area contributed by atoms with Crippen LogP contribution in [0.3, 0.4) is 0 Å². The van der Waals surface area contributed by atoms with Crippen LogP contribution in [0.1, 0.15) is 49.0 Å². The number of anilines is 2. The number of carbonyl (C=O) groups excluding carboxylic acids is 2. The van der Waals surface area contributed by atoms with Crippen molar-refractivity contribution in [2.24, 2.45) is 5.92 Å². The summed E-state index contributed by atoms with van der Waals surface area (Å²) in [6.07, 6.45) is 2.67. The first kappa shape index (κ1) is 20.5. The Morgan fingerprint density at radius 2 is 2.12 bits per heavy atom.